The van der Waals surface area contributed by atoms with Crippen LogP contribution < -0.4 is 15.8 Å². The molecular formula is C16H24N2O4. The fourth-order valence-corrected chi connectivity index (χ4v) is 2.13. The van der Waals surface area contributed by atoms with E-state index in [1.807, 2.05) is 13.8 Å². The molecule has 0 saturated heterocycles. The van der Waals surface area contributed by atoms with E-state index in [0.29, 0.717) is 12.2 Å². The van der Waals surface area contributed by atoms with Gasteiger partial charge in [0.25, 0.3) is 0 Å². The van der Waals surface area contributed by atoms with Gasteiger partial charge in [0.1, 0.15) is 11.8 Å². The van der Waals surface area contributed by atoms with E-state index < -0.39 is 24.0 Å². The Morgan fingerprint density at radius 3 is 2.59 bits per heavy atom. The van der Waals surface area contributed by atoms with Gasteiger partial charge < -0.3 is 20.9 Å². The summed E-state index contributed by atoms with van der Waals surface area (Å²) in [6.45, 7) is 3.91. The number of hydrogen-bond acceptors (Lipinski definition) is 4. The molecule has 0 fully saturated rings. The van der Waals surface area contributed by atoms with E-state index >= 15 is 0 Å². The van der Waals surface area contributed by atoms with Crippen molar-refractivity contribution in [3.05, 3.63) is 29.8 Å². The topological polar surface area (TPSA) is 102 Å². The van der Waals surface area contributed by atoms with Crippen LogP contribution in [0.4, 0.5) is 0 Å². The third-order valence-corrected chi connectivity index (χ3v) is 3.25. The van der Waals surface area contributed by atoms with Gasteiger partial charge in [-0.05, 0) is 30.0 Å². The number of carboxylic acid groups (broad SMARTS) is 1. The molecule has 0 saturated carbocycles. The Bertz CT molecular complexity index is 517. The second-order valence-corrected chi connectivity index (χ2v) is 5.69. The highest BCUT2D eigenvalue weighted by Crippen LogP contribution is 2.14. The third-order valence-electron chi connectivity index (χ3n) is 3.25. The zero-order chi connectivity index (χ0) is 16.7. The molecular weight excluding hydrogens is 284 g/mol. The van der Waals surface area contributed by atoms with Gasteiger partial charge >= 0.3 is 5.97 Å². The van der Waals surface area contributed by atoms with Gasteiger partial charge in [-0.15, -0.1) is 0 Å². The van der Waals surface area contributed by atoms with Crippen molar-refractivity contribution in [3.63, 3.8) is 0 Å². The minimum atomic E-state index is -1.09. The molecule has 0 radical (unpaired) electrons. The van der Waals surface area contributed by atoms with Crippen molar-refractivity contribution in [2.24, 2.45) is 11.7 Å². The number of carboxylic acids is 1. The minimum absolute atomic E-state index is 0.173. The molecule has 0 aliphatic rings. The van der Waals surface area contributed by atoms with Crippen molar-refractivity contribution in [2.75, 3.05) is 7.11 Å². The molecule has 0 bridgehead atoms. The monoisotopic (exact) mass is 308 g/mol. The van der Waals surface area contributed by atoms with Crippen LogP contribution in [-0.2, 0) is 16.0 Å². The predicted octanol–water partition coefficient (Wildman–Crippen LogP) is 1.18. The Morgan fingerprint density at radius 2 is 2.05 bits per heavy atom. The fourth-order valence-electron chi connectivity index (χ4n) is 2.13. The number of amides is 1. The Hall–Kier alpha value is -2.08. The van der Waals surface area contributed by atoms with Gasteiger partial charge in [0.15, 0.2) is 0 Å². The molecule has 4 N–H and O–H groups in total. The van der Waals surface area contributed by atoms with Gasteiger partial charge in [0.05, 0.1) is 13.2 Å². The van der Waals surface area contributed by atoms with Crippen molar-refractivity contribution in [3.8, 4) is 5.75 Å². The van der Waals surface area contributed by atoms with Crippen LogP contribution in [0.5, 0.6) is 5.75 Å². The molecule has 1 aromatic carbocycles. The standard InChI is InChI=1S/C16H24N2O4/c1-10(2)7-13(17)15(19)18-14(16(20)21)9-11-5-4-6-12(8-11)22-3/h4-6,8,10,13-14H,7,9,17H2,1-3H3,(H,18,19)(H,20,21). The summed E-state index contributed by atoms with van der Waals surface area (Å²) in [4.78, 5) is 23.3. The lowest BCUT2D eigenvalue weighted by molar-refractivity contribution is -0.142. The van der Waals surface area contributed by atoms with Crippen LogP contribution in [0.2, 0.25) is 0 Å². The van der Waals surface area contributed by atoms with Gasteiger partial charge in [-0.25, -0.2) is 4.79 Å². The Kier molecular flexibility index (Phi) is 6.85. The summed E-state index contributed by atoms with van der Waals surface area (Å²) in [7, 11) is 1.54. The number of carbonyl (C=O) groups is 2. The molecule has 1 rings (SSSR count). The molecule has 122 valence electrons. The number of nitrogens with two attached hydrogens (primary N) is 1. The van der Waals surface area contributed by atoms with Gasteiger partial charge in [0, 0.05) is 6.42 Å². The lowest BCUT2D eigenvalue weighted by Gasteiger charge is -2.19. The highest BCUT2D eigenvalue weighted by molar-refractivity contribution is 5.86. The molecule has 1 amide bonds. The molecule has 0 aliphatic heterocycles. The first kappa shape index (κ1) is 18.0. The van der Waals surface area contributed by atoms with Gasteiger partial charge in [-0.2, -0.15) is 0 Å². The summed E-state index contributed by atoms with van der Waals surface area (Å²) in [5.41, 5.74) is 6.55. The van der Waals surface area contributed by atoms with Gasteiger partial charge in [-0.1, -0.05) is 26.0 Å². The number of benzene rings is 1. The van der Waals surface area contributed by atoms with Gasteiger partial charge in [-0.3, -0.25) is 4.79 Å². The normalized spacial score (nSPS) is 13.5. The number of ether oxygens (including phenoxy) is 1. The molecule has 0 heterocycles. The fraction of sp³-hybridized carbons (Fsp3) is 0.500. The summed E-state index contributed by atoms with van der Waals surface area (Å²) in [5.74, 6) is -0.621. The second-order valence-electron chi connectivity index (χ2n) is 5.69. The van der Waals surface area contributed by atoms with E-state index in [0.717, 1.165) is 5.56 Å². The summed E-state index contributed by atoms with van der Waals surface area (Å²) < 4.78 is 5.11. The summed E-state index contributed by atoms with van der Waals surface area (Å²) >= 11 is 0. The quantitative estimate of drug-likeness (QED) is 0.669. The Morgan fingerprint density at radius 1 is 1.36 bits per heavy atom. The van der Waals surface area contributed by atoms with Crippen LogP contribution in [0.15, 0.2) is 24.3 Å². The maximum Gasteiger partial charge on any atom is 0.326 e. The van der Waals surface area contributed by atoms with E-state index in [4.69, 9.17) is 10.5 Å². The smallest absolute Gasteiger partial charge is 0.326 e. The van der Waals surface area contributed by atoms with Crippen molar-refractivity contribution in [1.29, 1.82) is 0 Å². The van der Waals surface area contributed by atoms with Crippen molar-refractivity contribution in [2.45, 2.75) is 38.8 Å². The molecule has 22 heavy (non-hydrogen) atoms. The van der Waals surface area contributed by atoms with E-state index in [-0.39, 0.29) is 12.3 Å². The summed E-state index contributed by atoms with van der Waals surface area (Å²) in [5, 5.41) is 11.8. The number of methoxy groups -OCH3 is 1. The SMILES string of the molecule is COc1cccc(CC(NC(=O)C(N)CC(C)C)C(=O)O)c1. The molecule has 6 nitrogen and oxygen atoms in total. The number of aliphatic carboxylic acids is 1. The summed E-state index contributed by atoms with van der Waals surface area (Å²) in [6, 6.07) is 5.37. The summed E-state index contributed by atoms with van der Waals surface area (Å²) in [6.07, 6.45) is 0.685. The Balaban J connectivity index is 2.73. The molecule has 1 aromatic rings. The van der Waals surface area contributed by atoms with Crippen LogP contribution >= 0.6 is 0 Å². The molecule has 0 spiro atoms. The number of nitrogens with one attached hydrogen (secondary N) is 1. The first-order chi connectivity index (χ1) is 10.3. The zero-order valence-corrected chi connectivity index (χ0v) is 13.2. The molecule has 0 aromatic heterocycles. The minimum Gasteiger partial charge on any atom is -0.497 e. The molecule has 2 atom stereocenters. The van der Waals surface area contributed by atoms with E-state index in [1.54, 1.807) is 31.4 Å². The zero-order valence-electron chi connectivity index (χ0n) is 13.2. The number of rotatable bonds is 8. The van der Waals surface area contributed by atoms with Crippen molar-refractivity contribution >= 4 is 11.9 Å². The molecule has 6 heteroatoms. The lowest BCUT2D eigenvalue weighted by atomic mass is 10.0. The maximum absolute atomic E-state index is 12.0. The first-order valence-electron chi connectivity index (χ1n) is 7.25. The second kappa shape index (κ2) is 8.38. The Labute approximate surface area is 130 Å². The van der Waals surface area contributed by atoms with Gasteiger partial charge in [0.2, 0.25) is 5.91 Å². The highest BCUT2D eigenvalue weighted by Gasteiger charge is 2.24. The predicted molar refractivity (Wildman–Crippen MR) is 83.7 cm³/mol. The van der Waals surface area contributed by atoms with Crippen LogP contribution in [0.1, 0.15) is 25.8 Å². The third kappa shape index (κ3) is 5.73. The van der Waals surface area contributed by atoms with E-state index in [1.165, 1.54) is 0 Å². The number of hydrogen-bond donors (Lipinski definition) is 3. The first-order valence-corrected chi connectivity index (χ1v) is 7.25. The maximum atomic E-state index is 12.0. The van der Waals surface area contributed by atoms with Crippen LogP contribution in [0.25, 0.3) is 0 Å². The van der Waals surface area contributed by atoms with Crippen LogP contribution in [0.3, 0.4) is 0 Å². The van der Waals surface area contributed by atoms with Crippen molar-refractivity contribution in [1.82, 2.24) is 5.32 Å². The average molecular weight is 308 g/mol. The van der Waals surface area contributed by atoms with Crippen molar-refractivity contribution < 1.29 is 19.4 Å². The lowest BCUT2D eigenvalue weighted by Crippen LogP contribution is -2.49. The number of carbonyl (C=O) groups excluding carboxylic acids is 1. The highest BCUT2D eigenvalue weighted by atomic mass is 16.5. The van der Waals surface area contributed by atoms with Crippen LogP contribution in [-0.4, -0.2) is 36.2 Å². The molecule has 0 aliphatic carbocycles. The van der Waals surface area contributed by atoms with Crippen LogP contribution in [0, 0.1) is 5.92 Å². The van der Waals surface area contributed by atoms with E-state index in [2.05, 4.69) is 5.32 Å². The largest absolute Gasteiger partial charge is 0.497 e. The molecule has 2 unspecified atom stereocenters. The van der Waals surface area contributed by atoms with E-state index in [9.17, 15) is 14.7 Å². The average Bonchev–Trinajstić information content (AvgIpc) is 2.45.